The molecule has 3 rings (SSSR count). The summed E-state index contributed by atoms with van der Waals surface area (Å²) in [7, 11) is 0. The highest BCUT2D eigenvalue weighted by Crippen LogP contribution is 2.35. The van der Waals surface area contributed by atoms with Gasteiger partial charge in [0, 0.05) is 11.4 Å². The minimum absolute atomic E-state index is 0.000484. The number of primary amides is 1. The average molecular weight is 472 g/mol. The van der Waals surface area contributed by atoms with E-state index in [0.29, 0.717) is 5.69 Å². The second-order valence-electron chi connectivity index (χ2n) is 6.85. The number of rotatable bonds is 3. The summed E-state index contributed by atoms with van der Waals surface area (Å²) < 4.78 is 77.0. The predicted octanol–water partition coefficient (Wildman–Crippen LogP) is 5.62. The molecule has 0 radical (unpaired) electrons. The molecule has 3 aromatic rings. The normalized spacial score (nSPS) is 11.5. The van der Waals surface area contributed by atoms with Crippen molar-refractivity contribution in [3.05, 3.63) is 88.2 Å². The number of halogens is 6. The zero-order valence-electron chi connectivity index (χ0n) is 17.3. The van der Waals surface area contributed by atoms with Gasteiger partial charge in [0.25, 0.3) is 0 Å². The van der Waals surface area contributed by atoms with Crippen molar-refractivity contribution in [2.75, 3.05) is 0 Å². The van der Waals surface area contributed by atoms with Crippen LogP contribution in [0.5, 0.6) is 0 Å². The van der Waals surface area contributed by atoms with Gasteiger partial charge in [-0.25, -0.2) is 4.79 Å². The summed E-state index contributed by atoms with van der Waals surface area (Å²) in [5.41, 5.74) is 3.12. The summed E-state index contributed by atoms with van der Waals surface area (Å²) in [5.74, 6) is -2.23. The predicted molar refractivity (Wildman–Crippen MR) is 107 cm³/mol. The van der Waals surface area contributed by atoms with Crippen molar-refractivity contribution < 1.29 is 41.0 Å². The monoisotopic (exact) mass is 472 g/mol. The van der Waals surface area contributed by atoms with Crippen LogP contribution in [0.3, 0.4) is 0 Å². The van der Waals surface area contributed by atoms with E-state index in [1.54, 1.807) is 6.92 Å². The highest BCUT2D eigenvalue weighted by molar-refractivity contribution is 5.94. The van der Waals surface area contributed by atoms with Gasteiger partial charge in [0.15, 0.2) is 0 Å². The molecule has 0 aliphatic rings. The number of para-hydroxylation sites is 1. The minimum atomic E-state index is -4.54. The van der Waals surface area contributed by atoms with E-state index in [1.807, 2.05) is 0 Å². The molecule has 176 valence electrons. The summed E-state index contributed by atoms with van der Waals surface area (Å²) in [4.78, 5) is 21.7. The van der Waals surface area contributed by atoms with Gasteiger partial charge >= 0.3 is 18.3 Å². The van der Waals surface area contributed by atoms with E-state index < -0.39 is 40.9 Å². The largest absolute Gasteiger partial charge is 0.478 e. The fraction of sp³-hybridized carbons (Fsp3) is 0.182. The number of nitrogens with two attached hydrogens (primary N) is 1. The Hall–Kier alpha value is -3.76. The summed E-state index contributed by atoms with van der Waals surface area (Å²) in [5, 5.41) is 9.04. The van der Waals surface area contributed by atoms with Crippen LogP contribution < -0.4 is 5.73 Å². The topological polar surface area (TPSA) is 85.3 Å². The Balaban J connectivity index is 0.000000257. The van der Waals surface area contributed by atoms with Crippen LogP contribution in [0.15, 0.2) is 54.6 Å². The van der Waals surface area contributed by atoms with Crippen molar-refractivity contribution in [1.29, 1.82) is 0 Å². The first-order chi connectivity index (χ1) is 15.2. The molecule has 0 bridgehead atoms. The van der Waals surface area contributed by atoms with Gasteiger partial charge in [-0.05, 0) is 44.2 Å². The third-order valence-corrected chi connectivity index (χ3v) is 4.61. The zero-order chi connectivity index (χ0) is 25.1. The molecule has 3 N–H and O–H groups in total. The fourth-order valence-corrected chi connectivity index (χ4v) is 3.20. The Morgan fingerprint density at radius 2 is 1.30 bits per heavy atom. The number of aromatic carboxylic acids is 1. The number of benzene rings is 2. The first kappa shape index (κ1) is 25.5. The first-order valence-corrected chi connectivity index (χ1v) is 9.21. The van der Waals surface area contributed by atoms with Crippen LogP contribution in [0.25, 0.3) is 5.69 Å². The van der Waals surface area contributed by atoms with E-state index in [1.165, 1.54) is 47.9 Å². The first-order valence-electron chi connectivity index (χ1n) is 9.21. The van der Waals surface area contributed by atoms with Gasteiger partial charge in [0.1, 0.15) is 0 Å². The number of hydrogen-bond donors (Lipinski definition) is 2. The number of carbonyl (C=O) groups excluding carboxylic acids is 1. The molecule has 0 unspecified atom stereocenters. The number of carboxylic acid groups (broad SMARTS) is 1. The maximum Gasteiger partial charge on any atom is 0.418 e. The zero-order valence-corrected chi connectivity index (χ0v) is 17.3. The van der Waals surface area contributed by atoms with Crippen LogP contribution in [0.1, 0.15) is 43.2 Å². The molecule has 0 saturated carbocycles. The van der Waals surface area contributed by atoms with Crippen LogP contribution in [0.2, 0.25) is 0 Å². The number of hydrogen-bond acceptors (Lipinski definition) is 2. The van der Waals surface area contributed by atoms with Crippen molar-refractivity contribution in [3.8, 4) is 5.69 Å². The second-order valence-corrected chi connectivity index (χ2v) is 6.85. The molecular formula is C22H18F6N2O3. The number of aromatic nitrogens is 1. The molecule has 0 aliphatic carbocycles. The van der Waals surface area contributed by atoms with Crippen LogP contribution in [-0.2, 0) is 12.4 Å². The van der Waals surface area contributed by atoms with E-state index in [-0.39, 0.29) is 16.9 Å². The van der Waals surface area contributed by atoms with Gasteiger partial charge in [0.2, 0.25) is 5.91 Å². The lowest BCUT2D eigenvalue weighted by atomic mass is 10.1. The standard InChI is InChI=1S/C14H12F3NO2.C8H6F3NO/c1-8-7-10(13(19)20)9(2)18(8)12-6-4-3-5-11(12)14(15,16)17;9-8(10,11)6-4-2-1-3-5(6)7(12)13/h3-7H,1-2H3,(H,19,20);1-4H,(H2,12,13). The molecule has 0 atom stereocenters. The quantitative estimate of drug-likeness (QED) is 0.486. The maximum atomic E-state index is 13.0. The molecule has 11 heteroatoms. The van der Waals surface area contributed by atoms with Crippen molar-refractivity contribution in [2.45, 2.75) is 26.2 Å². The number of amides is 1. The molecule has 5 nitrogen and oxygen atoms in total. The van der Waals surface area contributed by atoms with Crippen molar-refractivity contribution >= 4 is 11.9 Å². The van der Waals surface area contributed by atoms with Crippen LogP contribution in [0.4, 0.5) is 26.3 Å². The summed E-state index contributed by atoms with van der Waals surface area (Å²) in [6, 6.07) is 10.9. The molecule has 1 amide bonds. The fourth-order valence-electron chi connectivity index (χ4n) is 3.20. The van der Waals surface area contributed by atoms with E-state index in [2.05, 4.69) is 0 Å². The molecule has 1 heterocycles. The molecule has 0 saturated heterocycles. The Morgan fingerprint density at radius 3 is 1.73 bits per heavy atom. The molecular weight excluding hydrogens is 454 g/mol. The Labute approximate surface area is 184 Å². The smallest absolute Gasteiger partial charge is 0.418 e. The SMILES string of the molecule is Cc1cc(C(=O)O)c(C)n1-c1ccccc1C(F)(F)F.NC(=O)c1ccccc1C(F)(F)F. The third-order valence-electron chi connectivity index (χ3n) is 4.61. The summed E-state index contributed by atoms with van der Waals surface area (Å²) in [6.45, 7) is 3.07. The molecule has 0 spiro atoms. The number of nitrogens with zero attached hydrogens (tertiary/aromatic N) is 1. The van der Waals surface area contributed by atoms with E-state index in [4.69, 9.17) is 10.8 Å². The van der Waals surface area contributed by atoms with E-state index in [0.717, 1.165) is 18.2 Å². The Kier molecular flexibility index (Phi) is 7.26. The van der Waals surface area contributed by atoms with E-state index in [9.17, 15) is 35.9 Å². The highest BCUT2D eigenvalue weighted by Gasteiger charge is 2.35. The van der Waals surface area contributed by atoms with Crippen molar-refractivity contribution in [1.82, 2.24) is 4.57 Å². The molecule has 1 aromatic heterocycles. The average Bonchev–Trinajstić information content (AvgIpc) is 3.01. The number of aryl methyl sites for hydroxylation is 1. The summed E-state index contributed by atoms with van der Waals surface area (Å²) >= 11 is 0. The van der Waals surface area contributed by atoms with E-state index >= 15 is 0 Å². The van der Waals surface area contributed by atoms with Gasteiger partial charge in [-0.15, -0.1) is 0 Å². The third kappa shape index (κ3) is 5.73. The van der Waals surface area contributed by atoms with Gasteiger partial charge in [-0.3, -0.25) is 4.79 Å². The van der Waals surface area contributed by atoms with Crippen molar-refractivity contribution in [3.63, 3.8) is 0 Å². The van der Waals surface area contributed by atoms with Crippen molar-refractivity contribution in [2.24, 2.45) is 5.73 Å². The van der Waals surface area contributed by atoms with Gasteiger partial charge in [-0.1, -0.05) is 24.3 Å². The van der Waals surface area contributed by atoms with Gasteiger partial charge in [0.05, 0.1) is 27.9 Å². The molecule has 2 aromatic carbocycles. The Bertz CT molecular complexity index is 1180. The summed E-state index contributed by atoms with van der Waals surface area (Å²) in [6.07, 6.45) is -9.03. The molecule has 33 heavy (non-hydrogen) atoms. The molecule has 0 aliphatic heterocycles. The van der Waals surface area contributed by atoms with Crippen LogP contribution >= 0.6 is 0 Å². The second kappa shape index (κ2) is 9.39. The number of alkyl halides is 6. The van der Waals surface area contributed by atoms with Gasteiger partial charge in [-0.2, -0.15) is 26.3 Å². The Morgan fingerprint density at radius 1 is 0.818 bits per heavy atom. The molecule has 0 fully saturated rings. The minimum Gasteiger partial charge on any atom is -0.478 e. The van der Waals surface area contributed by atoms with Gasteiger partial charge < -0.3 is 15.4 Å². The number of carbonyl (C=O) groups is 2. The lowest BCUT2D eigenvalue weighted by molar-refractivity contribution is -0.138. The van der Waals surface area contributed by atoms with Crippen LogP contribution in [-0.4, -0.2) is 21.6 Å². The van der Waals surface area contributed by atoms with Crippen LogP contribution in [0, 0.1) is 13.8 Å². The highest BCUT2D eigenvalue weighted by atomic mass is 19.4. The number of carboxylic acids is 1. The maximum absolute atomic E-state index is 13.0. The lowest BCUT2D eigenvalue weighted by Crippen LogP contribution is -2.18. The lowest BCUT2D eigenvalue weighted by Gasteiger charge is -2.16.